The summed E-state index contributed by atoms with van der Waals surface area (Å²) in [6.45, 7) is 9.08. The van der Waals surface area contributed by atoms with E-state index >= 15 is 0 Å². The van der Waals surface area contributed by atoms with E-state index in [-0.39, 0.29) is 27.9 Å². The number of pyridine rings is 1. The van der Waals surface area contributed by atoms with Gasteiger partial charge in [-0.05, 0) is 57.0 Å². The van der Waals surface area contributed by atoms with Gasteiger partial charge in [0.1, 0.15) is 17.1 Å². The molecule has 0 spiro atoms. The number of aliphatic hydroxyl groups is 1. The molecule has 1 saturated heterocycles. The normalized spacial score (nSPS) is 17.0. The fourth-order valence-electron chi connectivity index (χ4n) is 4.77. The number of aliphatic hydroxyl groups excluding tert-OH is 1. The Bertz CT molecular complexity index is 1660. The van der Waals surface area contributed by atoms with Crippen LogP contribution in [-0.2, 0) is 9.59 Å². The van der Waals surface area contributed by atoms with Gasteiger partial charge in [-0.3, -0.25) is 19.3 Å². The minimum absolute atomic E-state index is 0.106. The van der Waals surface area contributed by atoms with Crippen molar-refractivity contribution in [2.75, 3.05) is 11.5 Å². The van der Waals surface area contributed by atoms with Crippen LogP contribution in [0.5, 0.6) is 5.75 Å². The first kappa shape index (κ1) is 25.3. The van der Waals surface area contributed by atoms with Gasteiger partial charge in [-0.25, -0.2) is 9.97 Å². The summed E-state index contributed by atoms with van der Waals surface area (Å²) in [4.78, 5) is 49.9. The maximum absolute atomic E-state index is 13.6. The number of imidazole rings is 1. The highest BCUT2D eigenvalue weighted by Crippen LogP contribution is 2.44. The van der Waals surface area contributed by atoms with Crippen LogP contribution in [0.25, 0.3) is 11.4 Å². The lowest BCUT2D eigenvalue weighted by Crippen LogP contribution is -2.29. The molecule has 1 aromatic carbocycles. The lowest BCUT2D eigenvalue weighted by atomic mass is 9.96. The average molecular weight is 531 g/mol. The number of benzene rings is 1. The predicted octanol–water partition coefficient (Wildman–Crippen LogP) is 4.94. The molecule has 0 bridgehead atoms. The summed E-state index contributed by atoms with van der Waals surface area (Å²) in [7, 11) is 0. The van der Waals surface area contributed by atoms with Crippen LogP contribution >= 0.6 is 11.3 Å². The van der Waals surface area contributed by atoms with Crippen LogP contribution in [0, 0.1) is 20.8 Å². The Kier molecular flexibility index (Phi) is 6.36. The molecule has 1 aliphatic rings. The lowest BCUT2D eigenvalue weighted by Gasteiger charge is -2.23. The molecule has 1 aliphatic heterocycles. The van der Waals surface area contributed by atoms with E-state index in [0.29, 0.717) is 39.8 Å². The van der Waals surface area contributed by atoms with Crippen molar-refractivity contribution in [1.29, 1.82) is 0 Å². The van der Waals surface area contributed by atoms with Crippen molar-refractivity contribution >= 4 is 45.3 Å². The van der Waals surface area contributed by atoms with Crippen molar-refractivity contribution in [2.45, 2.75) is 40.7 Å². The number of fused-ring (bicyclic) bond motifs is 1. The molecule has 1 atom stereocenters. The highest BCUT2D eigenvalue weighted by atomic mass is 32.1. The first-order valence-electron chi connectivity index (χ1n) is 12.1. The molecule has 1 amide bonds. The second-order valence-corrected chi connectivity index (χ2v) is 10.0. The summed E-state index contributed by atoms with van der Waals surface area (Å²) in [6.07, 6.45) is 1.82. The number of thiazole rings is 1. The number of ether oxygens (including phenoxy) is 1. The summed E-state index contributed by atoms with van der Waals surface area (Å²) in [5.74, 6) is -1.72. The molecule has 0 radical (unpaired) electrons. The molecule has 1 N–H and O–H groups in total. The van der Waals surface area contributed by atoms with Crippen LogP contribution in [0.1, 0.15) is 57.8 Å². The Labute approximate surface area is 223 Å². The van der Waals surface area contributed by atoms with E-state index in [1.807, 2.05) is 36.6 Å². The van der Waals surface area contributed by atoms with E-state index in [2.05, 4.69) is 9.97 Å². The van der Waals surface area contributed by atoms with Gasteiger partial charge in [0, 0.05) is 13.1 Å². The number of aryl methyl sites for hydroxylation is 3. The van der Waals surface area contributed by atoms with Crippen molar-refractivity contribution < 1.29 is 24.2 Å². The zero-order valence-electron chi connectivity index (χ0n) is 21.6. The summed E-state index contributed by atoms with van der Waals surface area (Å²) in [5.41, 5.74) is 3.27. The first-order valence-corrected chi connectivity index (χ1v) is 12.9. The summed E-state index contributed by atoms with van der Waals surface area (Å²) < 4.78 is 7.50. The van der Waals surface area contributed by atoms with Gasteiger partial charge >= 0.3 is 5.91 Å². The molecular formula is C28H26N4O5S. The zero-order valence-corrected chi connectivity index (χ0v) is 22.4. The Balaban J connectivity index is 1.77. The molecule has 9 nitrogen and oxygen atoms in total. The van der Waals surface area contributed by atoms with Crippen LogP contribution in [0.15, 0.2) is 48.2 Å². The Morgan fingerprint density at radius 1 is 1.13 bits per heavy atom. The number of nitrogens with zero attached hydrogens (tertiary/aromatic N) is 4. The third-order valence-corrected chi connectivity index (χ3v) is 7.81. The molecule has 194 valence electrons. The quantitative estimate of drug-likeness (QED) is 0.162. The largest absolute Gasteiger partial charge is 0.505 e. The summed E-state index contributed by atoms with van der Waals surface area (Å²) >= 11 is 1.04. The van der Waals surface area contributed by atoms with E-state index in [1.165, 1.54) is 11.8 Å². The SMILES string of the molecule is CCOc1cccc(C2/C(=C(\O)c3nc4c(C)cccn4c3C)C(=O)C(=O)N2c2nc(C)c(C(C)=O)s2)c1. The number of carbonyl (C=O) groups excluding carboxylic acids is 3. The number of anilines is 1. The molecular weight excluding hydrogens is 504 g/mol. The minimum atomic E-state index is -1.01. The van der Waals surface area contributed by atoms with E-state index in [4.69, 9.17) is 4.74 Å². The van der Waals surface area contributed by atoms with E-state index in [9.17, 15) is 19.5 Å². The Hall–Kier alpha value is -4.31. The van der Waals surface area contributed by atoms with Crippen LogP contribution in [0.4, 0.5) is 5.13 Å². The van der Waals surface area contributed by atoms with Gasteiger partial charge in [-0.2, -0.15) is 0 Å². The number of hydrogen-bond donors (Lipinski definition) is 1. The summed E-state index contributed by atoms with van der Waals surface area (Å²) in [5, 5.41) is 11.8. The Morgan fingerprint density at radius 3 is 2.55 bits per heavy atom. The number of amides is 1. The lowest BCUT2D eigenvalue weighted by molar-refractivity contribution is -0.132. The molecule has 4 heterocycles. The van der Waals surface area contributed by atoms with Crippen molar-refractivity contribution in [3.8, 4) is 5.75 Å². The molecule has 3 aromatic heterocycles. The van der Waals surface area contributed by atoms with Gasteiger partial charge < -0.3 is 14.2 Å². The van der Waals surface area contributed by atoms with E-state index in [1.54, 1.807) is 38.1 Å². The first-order chi connectivity index (χ1) is 18.1. The standard InChI is InChI=1S/C28H26N4O5S/c1-6-37-19-11-7-10-18(13-19)22-20(23(34)21-16(4)31-12-8-9-14(2)26(31)30-21)24(35)27(36)32(22)28-29-15(3)25(38-28)17(5)33/h7-13,22,34H,6H2,1-5H3/b23-20+. The third-order valence-electron chi connectivity index (χ3n) is 6.55. The van der Waals surface area contributed by atoms with Gasteiger partial charge in [-0.15, -0.1) is 0 Å². The second-order valence-electron chi connectivity index (χ2n) is 9.07. The van der Waals surface area contributed by atoms with Crippen LogP contribution < -0.4 is 9.64 Å². The smallest absolute Gasteiger partial charge is 0.301 e. The number of carbonyl (C=O) groups is 3. The topological polar surface area (TPSA) is 114 Å². The minimum Gasteiger partial charge on any atom is -0.505 e. The number of ketones is 2. The maximum atomic E-state index is 13.6. The van der Waals surface area contributed by atoms with Crippen LogP contribution in [-0.4, -0.2) is 43.6 Å². The van der Waals surface area contributed by atoms with Gasteiger partial charge in [0.25, 0.3) is 5.78 Å². The maximum Gasteiger partial charge on any atom is 0.301 e. The summed E-state index contributed by atoms with van der Waals surface area (Å²) in [6, 6.07) is 9.78. The molecule has 10 heteroatoms. The Morgan fingerprint density at radius 2 is 1.89 bits per heavy atom. The number of rotatable bonds is 6. The van der Waals surface area contributed by atoms with Crippen molar-refractivity contribution in [2.24, 2.45) is 0 Å². The number of aromatic nitrogens is 3. The molecule has 5 rings (SSSR count). The zero-order chi connectivity index (χ0) is 27.3. The number of hydrogen-bond acceptors (Lipinski definition) is 8. The fourth-order valence-corrected chi connectivity index (χ4v) is 5.76. The predicted molar refractivity (Wildman–Crippen MR) is 144 cm³/mol. The molecule has 1 fully saturated rings. The highest BCUT2D eigenvalue weighted by molar-refractivity contribution is 7.18. The van der Waals surface area contributed by atoms with Gasteiger partial charge in [-0.1, -0.05) is 29.5 Å². The fraction of sp³-hybridized carbons (Fsp3) is 0.250. The molecule has 1 unspecified atom stereocenters. The third kappa shape index (κ3) is 3.97. The van der Waals surface area contributed by atoms with E-state index in [0.717, 1.165) is 16.9 Å². The molecule has 0 saturated carbocycles. The van der Waals surface area contributed by atoms with Gasteiger partial charge in [0.15, 0.2) is 16.7 Å². The molecule has 38 heavy (non-hydrogen) atoms. The average Bonchev–Trinajstić information content (AvgIpc) is 3.52. The van der Waals surface area contributed by atoms with Crippen molar-refractivity contribution in [3.63, 3.8) is 0 Å². The van der Waals surface area contributed by atoms with Crippen LogP contribution in [0.2, 0.25) is 0 Å². The second kappa shape index (κ2) is 9.53. The van der Waals surface area contributed by atoms with E-state index < -0.39 is 17.7 Å². The van der Waals surface area contributed by atoms with Crippen LogP contribution in [0.3, 0.4) is 0 Å². The van der Waals surface area contributed by atoms with Gasteiger partial charge in [0.2, 0.25) is 0 Å². The van der Waals surface area contributed by atoms with Crippen molar-refractivity contribution in [1.82, 2.24) is 14.4 Å². The van der Waals surface area contributed by atoms with Gasteiger partial charge in [0.05, 0.1) is 34.5 Å². The van der Waals surface area contributed by atoms with Crippen molar-refractivity contribution in [3.05, 3.63) is 81.3 Å². The highest BCUT2D eigenvalue weighted by Gasteiger charge is 2.49. The number of Topliss-reactive ketones (excluding diaryl/α,β-unsaturated/α-hetero) is 2. The monoisotopic (exact) mass is 530 g/mol. The molecule has 0 aliphatic carbocycles. The molecule has 4 aromatic rings.